The van der Waals surface area contributed by atoms with E-state index < -0.39 is 23.6 Å². The summed E-state index contributed by atoms with van der Waals surface area (Å²) in [5.74, 6) is -0.508. The fraction of sp³-hybridized carbons (Fsp3) is 0.577. The summed E-state index contributed by atoms with van der Waals surface area (Å²) < 4.78 is 11.1. The summed E-state index contributed by atoms with van der Waals surface area (Å²) in [7, 11) is 0. The second-order valence-electron chi connectivity index (χ2n) is 9.92. The van der Waals surface area contributed by atoms with Crippen LogP contribution in [0.15, 0.2) is 52.8 Å². The van der Waals surface area contributed by atoms with Crippen molar-refractivity contribution >= 4 is 11.9 Å². The normalized spacial score (nSPS) is 38.9. The van der Waals surface area contributed by atoms with E-state index in [2.05, 4.69) is 39.5 Å². The lowest BCUT2D eigenvalue weighted by molar-refractivity contribution is -0.209. The van der Waals surface area contributed by atoms with E-state index >= 15 is 0 Å². The smallest absolute Gasteiger partial charge is 0.339 e. The number of carbonyl (C=O) groups excluding carboxylic acids is 2. The molecular formula is C26H32O5. The van der Waals surface area contributed by atoms with Crippen LogP contribution in [0.3, 0.4) is 0 Å². The largest absolute Gasteiger partial charge is 0.458 e. The highest BCUT2D eigenvalue weighted by atomic mass is 16.6. The summed E-state index contributed by atoms with van der Waals surface area (Å²) >= 11 is 0. The number of aliphatic hydroxyl groups excluding tert-OH is 1. The van der Waals surface area contributed by atoms with Crippen molar-refractivity contribution in [1.82, 2.24) is 0 Å². The molecule has 31 heavy (non-hydrogen) atoms. The number of carbonyl (C=O) groups is 2. The molecular weight excluding hydrogens is 392 g/mol. The lowest BCUT2D eigenvalue weighted by Crippen LogP contribution is -2.64. The molecule has 0 aromatic rings. The predicted octanol–water partition coefficient (Wildman–Crippen LogP) is 4.19. The molecule has 0 amide bonds. The zero-order valence-electron chi connectivity index (χ0n) is 18.8. The third-order valence-corrected chi connectivity index (χ3v) is 8.50. The quantitative estimate of drug-likeness (QED) is 0.407. The first kappa shape index (κ1) is 21.9. The van der Waals surface area contributed by atoms with Crippen LogP contribution in [-0.4, -0.2) is 35.9 Å². The van der Waals surface area contributed by atoms with Crippen molar-refractivity contribution in [1.29, 1.82) is 0 Å². The lowest BCUT2D eigenvalue weighted by Gasteiger charge is -2.62. The number of aliphatic hydroxyl groups is 1. The average Bonchev–Trinajstić information content (AvgIpc) is 3.42. The Bertz CT molecular complexity index is 947. The zero-order valence-corrected chi connectivity index (χ0v) is 18.8. The molecule has 5 unspecified atom stereocenters. The van der Waals surface area contributed by atoms with Crippen molar-refractivity contribution in [2.75, 3.05) is 6.61 Å². The second kappa shape index (κ2) is 7.96. The van der Waals surface area contributed by atoms with Gasteiger partial charge in [-0.25, -0.2) is 9.59 Å². The molecule has 0 saturated heterocycles. The SMILES string of the molecule is CC1=CCC[C@@H]2C(C)(CCC3=CC(=O)OC3)C(C)C(O)C(OC(=O)C3=CC=C=C3)C12C. The lowest BCUT2D eigenvalue weighted by atomic mass is 9.45. The predicted molar refractivity (Wildman–Crippen MR) is 117 cm³/mol. The van der Waals surface area contributed by atoms with Crippen molar-refractivity contribution in [2.45, 2.75) is 65.6 Å². The van der Waals surface area contributed by atoms with E-state index in [9.17, 15) is 14.7 Å². The number of rotatable bonds is 5. The number of cyclic esters (lactones) is 1. The van der Waals surface area contributed by atoms with E-state index in [0.717, 1.165) is 31.3 Å². The number of fused-ring (bicyclic) bond motifs is 1. The van der Waals surface area contributed by atoms with E-state index in [4.69, 9.17) is 9.47 Å². The topological polar surface area (TPSA) is 72.8 Å². The summed E-state index contributed by atoms with van der Waals surface area (Å²) in [6.07, 6.45) is 11.0. The molecule has 0 spiro atoms. The van der Waals surface area contributed by atoms with Crippen LogP contribution in [0.4, 0.5) is 0 Å². The zero-order chi connectivity index (χ0) is 22.4. The van der Waals surface area contributed by atoms with Gasteiger partial charge in [0.2, 0.25) is 0 Å². The fourth-order valence-corrected chi connectivity index (χ4v) is 6.24. The number of esters is 2. The number of hydrogen-bond acceptors (Lipinski definition) is 5. The monoisotopic (exact) mass is 424 g/mol. The molecule has 0 aromatic heterocycles. The molecule has 6 atom stereocenters. The van der Waals surface area contributed by atoms with Crippen LogP contribution in [0.5, 0.6) is 0 Å². The first-order valence-electron chi connectivity index (χ1n) is 11.2. The molecule has 0 aromatic carbocycles. The molecule has 5 heteroatoms. The van der Waals surface area contributed by atoms with Crippen LogP contribution in [0, 0.1) is 22.7 Å². The Labute approximate surface area is 184 Å². The van der Waals surface area contributed by atoms with Crippen molar-refractivity contribution in [3.63, 3.8) is 0 Å². The van der Waals surface area contributed by atoms with Gasteiger partial charge in [0.25, 0.3) is 0 Å². The maximum Gasteiger partial charge on any atom is 0.339 e. The molecule has 3 aliphatic carbocycles. The molecule has 4 aliphatic rings. The third kappa shape index (κ3) is 3.54. The van der Waals surface area contributed by atoms with E-state index in [-0.39, 0.29) is 23.2 Å². The van der Waals surface area contributed by atoms with Gasteiger partial charge in [-0.2, -0.15) is 0 Å². The highest BCUT2D eigenvalue weighted by Crippen LogP contribution is 2.62. The van der Waals surface area contributed by atoms with Gasteiger partial charge < -0.3 is 14.6 Å². The summed E-state index contributed by atoms with van der Waals surface area (Å²) in [6, 6.07) is 0. The molecule has 1 saturated carbocycles. The molecule has 1 N–H and O–H groups in total. The number of hydrogen-bond donors (Lipinski definition) is 1. The average molecular weight is 425 g/mol. The minimum Gasteiger partial charge on any atom is -0.458 e. The van der Waals surface area contributed by atoms with Crippen molar-refractivity contribution in [3.05, 3.63) is 52.8 Å². The van der Waals surface area contributed by atoms with Crippen LogP contribution >= 0.6 is 0 Å². The Kier molecular flexibility index (Phi) is 5.61. The highest BCUT2D eigenvalue weighted by Gasteiger charge is 2.62. The van der Waals surface area contributed by atoms with Gasteiger partial charge in [-0.05, 0) is 73.7 Å². The van der Waals surface area contributed by atoms with Gasteiger partial charge in [0, 0.05) is 11.5 Å². The Morgan fingerprint density at radius 3 is 2.81 bits per heavy atom. The van der Waals surface area contributed by atoms with Crippen LogP contribution in [0.25, 0.3) is 0 Å². The van der Waals surface area contributed by atoms with E-state index in [1.54, 1.807) is 24.3 Å². The molecule has 0 radical (unpaired) electrons. The summed E-state index contributed by atoms with van der Waals surface area (Å²) in [5.41, 5.74) is 4.90. The van der Waals surface area contributed by atoms with Gasteiger partial charge in [0.15, 0.2) is 0 Å². The molecule has 1 fully saturated rings. The summed E-state index contributed by atoms with van der Waals surface area (Å²) in [4.78, 5) is 24.3. The fourth-order valence-electron chi connectivity index (χ4n) is 6.24. The molecule has 5 nitrogen and oxygen atoms in total. The van der Waals surface area contributed by atoms with Gasteiger partial charge in [-0.1, -0.05) is 32.4 Å². The third-order valence-electron chi connectivity index (χ3n) is 8.50. The van der Waals surface area contributed by atoms with Crippen molar-refractivity contribution < 1.29 is 24.2 Å². The molecule has 1 aliphatic heterocycles. The first-order chi connectivity index (χ1) is 14.7. The Morgan fingerprint density at radius 2 is 2.16 bits per heavy atom. The van der Waals surface area contributed by atoms with Crippen molar-refractivity contribution in [3.8, 4) is 0 Å². The van der Waals surface area contributed by atoms with Crippen LogP contribution < -0.4 is 0 Å². The standard InChI is InChI=1S/C26H32O5/c1-16-8-7-11-20-25(3,13-12-18-14-21(27)30-15-18)17(2)22(28)23(26(16,20)4)31-24(29)19-9-5-6-10-19/h5,8-10,14,17,20,22-23,28H,7,11-13,15H2,1-4H3/t17?,20-,22?,23?,25?,26?/m1/s1. The van der Waals surface area contributed by atoms with Gasteiger partial charge >= 0.3 is 11.9 Å². The molecule has 4 rings (SSSR count). The Morgan fingerprint density at radius 1 is 1.39 bits per heavy atom. The maximum atomic E-state index is 12.8. The maximum absolute atomic E-state index is 12.8. The molecule has 0 bridgehead atoms. The molecule has 166 valence electrons. The van der Waals surface area contributed by atoms with Crippen molar-refractivity contribution in [2.24, 2.45) is 22.7 Å². The van der Waals surface area contributed by atoms with Gasteiger partial charge in [-0.3, -0.25) is 0 Å². The summed E-state index contributed by atoms with van der Waals surface area (Å²) in [6.45, 7) is 8.93. The minimum absolute atomic E-state index is 0.0703. The van der Waals surface area contributed by atoms with Crippen LogP contribution in [0.1, 0.15) is 53.4 Å². The number of ether oxygens (including phenoxy) is 2. The first-order valence-corrected chi connectivity index (χ1v) is 11.2. The second-order valence-corrected chi connectivity index (χ2v) is 9.92. The Balaban J connectivity index is 1.65. The number of allylic oxidation sites excluding steroid dienone is 2. The van der Waals surface area contributed by atoms with E-state index in [1.165, 1.54) is 5.57 Å². The van der Waals surface area contributed by atoms with Crippen LogP contribution in [-0.2, 0) is 19.1 Å². The Hall–Kier alpha value is -2.36. The highest BCUT2D eigenvalue weighted by molar-refractivity contribution is 5.92. The van der Waals surface area contributed by atoms with Crippen LogP contribution in [0.2, 0.25) is 0 Å². The van der Waals surface area contributed by atoms with Gasteiger partial charge in [0.05, 0.1) is 11.7 Å². The minimum atomic E-state index is -0.786. The summed E-state index contributed by atoms with van der Waals surface area (Å²) in [5, 5.41) is 11.5. The van der Waals surface area contributed by atoms with Gasteiger partial charge in [0.1, 0.15) is 12.7 Å². The molecule has 1 heterocycles. The van der Waals surface area contributed by atoms with Gasteiger partial charge in [-0.15, -0.1) is 5.73 Å². The van der Waals surface area contributed by atoms with E-state index in [1.807, 2.05) is 0 Å². The van der Waals surface area contributed by atoms with E-state index in [0.29, 0.717) is 12.2 Å².